The fourth-order valence-electron chi connectivity index (χ4n) is 5.70. The molecule has 3 aliphatic heterocycles. The zero-order chi connectivity index (χ0) is 24.5. The van der Waals surface area contributed by atoms with Crippen LogP contribution in [0.5, 0.6) is 5.75 Å². The first-order valence-electron chi connectivity index (χ1n) is 11.5. The van der Waals surface area contributed by atoms with Crippen molar-refractivity contribution in [2.24, 2.45) is 0 Å². The van der Waals surface area contributed by atoms with E-state index in [1.807, 2.05) is 44.0 Å². The number of pyridine rings is 1. The van der Waals surface area contributed by atoms with Crippen LogP contribution in [0.15, 0.2) is 64.4 Å². The molecule has 10 heteroatoms. The number of benzene rings is 2. The second kappa shape index (κ2) is 7.89. The smallest absolute Gasteiger partial charge is 0.278 e. The Morgan fingerprint density at radius 2 is 1.94 bits per heavy atom. The molecule has 1 aromatic heterocycles. The lowest BCUT2D eigenvalue weighted by molar-refractivity contribution is -0.0485. The maximum absolute atomic E-state index is 14.4. The topological polar surface area (TPSA) is 75.0 Å². The Morgan fingerprint density at radius 1 is 1.14 bits per heavy atom. The van der Waals surface area contributed by atoms with Crippen molar-refractivity contribution in [1.29, 1.82) is 0 Å². The Kier molecular flexibility index (Phi) is 5.02. The first-order valence-corrected chi connectivity index (χ1v) is 12.5. The molecule has 178 valence electrons. The van der Waals surface area contributed by atoms with Gasteiger partial charge in [-0.25, -0.2) is 4.39 Å². The van der Waals surface area contributed by atoms with Gasteiger partial charge in [0.15, 0.2) is 11.4 Å². The second-order valence-electron chi connectivity index (χ2n) is 9.30. The summed E-state index contributed by atoms with van der Waals surface area (Å²) in [4.78, 5) is 28.8. The SMILES string of the molecule is B[C@@]1(N2[C@@H]3COC[C@H](C)N3C(=O)c3c(O)c(=O)ccn32)c2ccc(F)cc2CSc2ccccc21. The van der Waals surface area contributed by atoms with Gasteiger partial charge in [-0.3, -0.25) is 19.3 Å². The Labute approximate surface area is 206 Å². The minimum atomic E-state index is -0.899. The molecule has 1 N–H and O–H groups in total. The van der Waals surface area contributed by atoms with Crippen LogP contribution >= 0.6 is 11.8 Å². The molecule has 0 spiro atoms. The van der Waals surface area contributed by atoms with Crippen molar-refractivity contribution in [3.05, 3.63) is 93.2 Å². The fraction of sp³-hybridized carbons (Fsp3) is 0.280. The highest BCUT2D eigenvalue weighted by atomic mass is 32.2. The van der Waals surface area contributed by atoms with Gasteiger partial charge in [0.25, 0.3) is 5.91 Å². The number of hydrogen-bond acceptors (Lipinski definition) is 6. The number of fused-ring (bicyclic) bond motifs is 4. The molecule has 0 saturated carbocycles. The molecule has 2 aromatic carbocycles. The van der Waals surface area contributed by atoms with Crippen molar-refractivity contribution in [2.45, 2.75) is 35.2 Å². The Bertz CT molecular complexity index is 1430. The van der Waals surface area contributed by atoms with Gasteiger partial charge in [-0.15, -0.1) is 11.8 Å². The summed E-state index contributed by atoms with van der Waals surface area (Å²) in [6.45, 7) is 2.47. The summed E-state index contributed by atoms with van der Waals surface area (Å²) in [7, 11) is 2.04. The Balaban J connectivity index is 1.72. The lowest BCUT2D eigenvalue weighted by Gasteiger charge is -2.57. The minimum Gasteiger partial charge on any atom is -0.502 e. The quantitative estimate of drug-likeness (QED) is 0.525. The zero-order valence-corrected chi connectivity index (χ0v) is 20.1. The lowest BCUT2D eigenvalue weighted by Crippen LogP contribution is -2.73. The van der Waals surface area contributed by atoms with E-state index >= 15 is 0 Å². The molecule has 3 aromatic rings. The predicted molar refractivity (Wildman–Crippen MR) is 133 cm³/mol. The largest absolute Gasteiger partial charge is 0.502 e. The molecular weight excluding hydrogens is 468 g/mol. The number of ether oxygens (including phenoxy) is 1. The van der Waals surface area contributed by atoms with E-state index in [9.17, 15) is 19.1 Å². The number of carbonyl (C=O) groups is 1. The van der Waals surface area contributed by atoms with Crippen LogP contribution in [-0.2, 0) is 15.9 Å². The van der Waals surface area contributed by atoms with Gasteiger partial charge in [0.1, 0.15) is 19.8 Å². The highest BCUT2D eigenvalue weighted by molar-refractivity contribution is 7.98. The molecule has 0 bridgehead atoms. The van der Waals surface area contributed by atoms with E-state index < -0.39 is 28.7 Å². The number of rotatable bonds is 1. The summed E-state index contributed by atoms with van der Waals surface area (Å²) >= 11 is 1.63. The van der Waals surface area contributed by atoms with Gasteiger partial charge < -0.3 is 14.7 Å². The van der Waals surface area contributed by atoms with Crippen molar-refractivity contribution in [2.75, 3.05) is 18.2 Å². The summed E-state index contributed by atoms with van der Waals surface area (Å²) in [5.74, 6) is -0.740. The van der Waals surface area contributed by atoms with Gasteiger partial charge in [0, 0.05) is 22.9 Å². The van der Waals surface area contributed by atoms with Crippen LogP contribution in [0.25, 0.3) is 0 Å². The molecule has 1 fully saturated rings. The standard InChI is InChI=1S/C25H23BFN3O4S/c1-14-11-34-12-21-29(14)24(33)22-23(32)19(31)8-9-28(22)30(21)25(26)17-7-6-16(27)10-15(17)13-35-20-5-3-2-4-18(20)25/h2-10,14,21,32H,11-13,26H2,1H3/t14-,21+,25+/m0/s1. The number of halogens is 1. The van der Waals surface area contributed by atoms with E-state index in [2.05, 4.69) is 0 Å². The maximum atomic E-state index is 14.4. The van der Waals surface area contributed by atoms with Gasteiger partial charge in [-0.2, -0.15) is 0 Å². The number of morpholine rings is 1. The molecule has 3 aliphatic rings. The predicted octanol–water partition coefficient (Wildman–Crippen LogP) is 1.97. The van der Waals surface area contributed by atoms with Gasteiger partial charge in [-0.05, 0) is 41.8 Å². The number of aromatic nitrogens is 1. The number of amides is 1. The third-order valence-electron chi connectivity index (χ3n) is 7.27. The highest BCUT2D eigenvalue weighted by Crippen LogP contribution is 2.47. The summed E-state index contributed by atoms with van der Waals surface area (Å²) in [5.41, 5.74) is 1.10. The lowest BCUT2D eigenvalue weighted by atomic mass is 9.65. The van der Waals surface area contributed by atoms with Crippen molar-refractivity contribution in [1.82, 2.24) is 9.58 Å². The molecule has 7 nitrogen and oxygen atoms in total. The van der Waals surface area contributed by atoms with E-state index in [4.69, 9.17) is 4.74 Å². The molecule has 0 radical (unpaired) electrons. The molecule has 0 aliphatic carbocycles. The first kappa shape index (κ1) is 22.2. The molecular formula is C25H23BFN3O4S. The van der Waals surface area contributed by atoms with Gasteiger partial charge in [0.2, 0.25) is 5.43 Å². The fourth-order valence-corrected chi connectivity index (χ4v) is 6.84. The van der Waals surface area contributed by atoms with Crippen LogP contribution in [0, 0.1) is 5.82 Å². The van der Waals surface area contributed by atoms with Crippen LogP contribution in [-0.4, -0.2) is 53.9 Å². The van der Waals surface area contributed by atoms with Crippen LogP contribution in [0.3, 0.4) is 0 Å². The van der Waals surface area contributed by atoms with Crippen molar-refractivity contribution >= 4 is 25.5 Å². The monoisotopic (exact) mass is 491 g/mol. The third-order valence-corrected chi connectivity index (χ3v) is 8.39. The van der Waals surface area contributed by atoms with E-state index in [-0.39, 0.29) is 24.2 Å². The van der Waals surface area contributed by atoms with Gasteiger partial charge in [-0.1, -0.05) is 24.3 Å². The van der Waals surface area contributed by atoms with Crippen molar-refractivity contribution in [3.63, 3.8) is 0 Å². The Morgan fingerprint density at radius 3 is 2.77 bits per heavy atom. The molecule has 1 amide bonds. The number of carbonyl (C=O) groups excluding carboxylic acids is 1. The maximum Gasteiger partial charge on any atom is 0.278 e. The molecule has 1 saturated heterocycles. The van der Waals surface area contributed by atoms with Crippen molar-refractivity contribution < 1.29 is 19.0 Å². The summed E-state index contributed by atoms with van der Waals surface area (Å²) in [6, 6.07) is 13.8. The van der Waals surface area contributed by atoms with Crippen LogP contribution in [0.2, 0.25) is 0 Å². The minimum absolute atomic E-state index is 0.0817. The van der Waals surface area contributed by atoms with E-state index in [1.165, 1.54) is 18.3 Å². The van der Waals surface area contributed by atoms with Crippen LogP contribution < -0.4 is 10.4 Å². The number of thioether (sulfide) groups is 1. The molecule has 0 unspecified atom stereocenters. The Hall–Kier alpha value is -3.24. The van der Waals surface area contributed by atoms with Crippen molar-refractivity contribution in [3.8, 4) is 5.75 Å². The molecule has 4 heterocycles. The summed E-state index contributed by atoms with van der Waals surface area (Å²) in [5, 5.41) is 12.8. The number of nitrogens with zero attached hydrogens (tertiary/aromatic N) is 3. The molecule has 3 atom stereocenters. The van der Waals surface area contributed by atoms with E-state index in [1.54, 1.807) is 33.5 Å². The molecule has 6 rings (SSSR count). The number of aromatic hydroxyl groups is 1. The number of hydrogen-bond donors (Lipinski definition) is 1. The van der Waals surface area contributed by atoms with Crippen LogP contribution in [0.4, 0.5) is 4.39 Å². The third kappa shape index (κ3) is 3.09. The van der Waals surface area contributed by atoms with Crippen LogP contribution in [0.1, 0.15) is 34.1 Å². The second-order valence-corrected chi connectivity index (χ2v) is 10.3. The normalized spacial score (nSPS) is 25.3. The molecule has 35 heavy (non-hydrogen) atoms. The van der Waals surface area contributed by atoms with Gasteiger partial charge in [0.05, 0.1) is 24.7 Å². The highest BCUT2D eigenvalue weighted by Gasteiger charge is 2.52. The first-order chi connectivity index (χ1) is 16.8. The average molecular weight is 491 g/mol. The average Bonchev–Trinajstić information content (AvgIpc) is 2.96. The summed E-state index contributed by atoms with van der Waals surface area (Å²) in [6.07, 6.45) is 1.00. The zero-order valence-electron chi connectivity index (χ0n) is 19.3. The van der Waals surface area contributed by atoms with Gasteiger partial charge >= 0.3 is 0 Å². The summed E-state index contributed by atoms with van der Waals surface area (Å²) < 4.78 is 21.9. The van der Waals surface area contributed by atoms with E-state index in [0.717, 1.165) is 21.6 Å². The van der Waals surface area contributed by atoms with E-state index in [0.29, 0.717) is 12.4 Å².